The molecule has 0 radical (unpaired) electrons. The van der Waals surface area contributed by atoms with Crippen LogP contribution in [0.15, 0.2) is 30.5 Å². The molecule has 0 spiro atoms. The summed E-state index contributed by atoms with van der Waals surface area (Å²) in [5.41, 5.74) is 3.33. The van der Waals surface area contributed by atoms with Gasteiger partial charge in [-0.05, 0) is 22.9 Å². The highest BCUT2D eigenvalue weighted by Gasteiger charge is 2.20. The maximum absolute atomic E-state index is 5.18. The van der Waals surface area contributed by atoms with Crippen LogP contribution < -0.4 is 4.74 Å². The monoisotopic (exact) mass is 282 g/mol. The lowest BCUT2D eigenvalue weighted by molar-refractivity contribution is 0.415. The van der Waals surface area contributed by atoms with Crippen LogP contribution in [-0.4, -0.2) is 47.8 Å². The molecule has 0 saturated heterocycles. The van der Waals surface area contributed by atoms with Gasteiger partial charge in [0.2, 0.25) is 5.82 Å². The molecule has 3 heterocycles. The number of hydrogen-bond donors (Lipinski definition) is 2. The highest BCUT2D eigenvalue weighted by atomic mass is 16.5. The molecule has 1 aromatic carbocycles. The Morgan fingerprint density at radius 1 is 1.10 bits per heavy atom. The van der Waals surface area contributed by atoms with Crippen molar-refractivity contribution in [2.24, 2.45) is 0 Å². The van der Waals surface area contributed by atoms with Crippen molar-refractivity contribution in [2.45, 2.75) is 0 Å². The van der Waals surface area contributed by atoms with Gasteiger partial charge in [0.1, 0.15) is 5.75 Å². The first-order valence-electron chi connectivity index (χ1n) is 6.17. The molecular formula is C12H10N8O. The van der Waals surface area contributed by atoms with Crippen molar-refractivity contribution in [3.63, 3.8) is 0 Å². The van der Waals surface area contributed by atoms with Gasteiger partial charge in [-0.2, -0.15) is 10.4 Å². The lowest BCUT2D eigenvalue weighted by Gasteiger charge is -2.03. The molecule has 3 aromatic heterocycles. The Labute approximate surface area is 117 Å². The zero-order valence-electron chi connectivity index (χ0n) is 11.0. The van der Waals surface area contributed by atoms with Gasteiger partial charge in [-0.25, -0.2) is 4.52 Å². The van der Waals surface area contributed by atoms with E-state index < -0.39 is 0 Å². The molecule has 2 N–H and O–H groups in total. The zero-order chi connectivity index (χ0) is 14.2. The van der Waals surface area contributed by atoms with E-state index in [4.69, 9.17) is 4.74 Å². The van der Waals surface area contributed by atoms with Crippen molar-refractivity contribution < 1.29 is 4.74 Å². The molecule has 0 aliphatic rings. The highest BCUT2D eigenvalue weighted by molar-refractivity contribution is 5.90. The summed E-state index contributed by atoms with van der Waals surface area (Å²) in [6, 6.07) is 7.72. The first-order valence-corrected chi connectivity index (χ1v) is 6.17. The molecular weight excluding hydrogens is 272 g/mol. The second kappa shape index (κ2) is 4.40. The molecule has 9 heteroatoms. The summed E-state index contributed by atoms with van der Waals surface area (Å²) in [6.07, 6.45) is 1.89. The maximum Gasteiger partial charge on any atom is 0.209 e. The van der Waals surface area contributed by atoms with Crippen molar-refractivity contribution in [1.82, 2.24) is 40.7 Å². The van der Waals surface area contributed by atoms with Crippen molar-refractivity contribution in [3.05, 3.63) is 30.5 Å². The summed E-state index contributed by atoms with van der Waals surface area (Å²) in [7, 11) is 1.64. The molecule has 0 aliphatic carbocycles. The van der Waals surface area contributed by atoms with Crippen LogP contribution in [0.25, 0.3) is 28.2 Å². The van der Waals surface area contributed by atoms with Crippen molar-refractivity contribution in [1.29, 1.82) is 0 Å². The molecule has 0 bridgehead atoms. The normalized spacial score (nSPS) is 11.1. The summed E-state index contributed by atoms with van der Waals surface area (Å²) in [5, 5.41) is 24.8. The van der Waals surface area contributed by atoms with Gasteiger partial charge < -0.3 is 4.74 Å². The second-order valence-corrected chi connectivity index (χ2v) is 4.38. The minimum absolute atomic E-state index is 0.470. The van der Waals surface area contributed by atoms with Gasteiger partial charge in [0.05, 0.1) is 12.7 Å². The van der Waals surface area contributed by atoms with Crippen LogP contribution in [-0.2, 0) is 0 Å². The van der Waals surface area contributed by atoms with E-state index in [2.05, 4.69) is 36.1 Å². The summed E-state index contributed by atoms with van der Waals surface area (Å²) < 4.78 is 6.89. The van der Waals surface area contributed by atoms with Gasteiger partial charge in [0.15, 0.2) is 5.65 Å². The number of hydrogen-bond acceptors (Lipinski definition) is 6. The third kappa shape index (κ3) is 1.75. The number of aromatic nitrogens is 8. The first-order chi connectivity index (χ1) is 10.4. The third-order valence-corrected chi connectivity index (χ3v) is 3.25. The average molecular weight is 282 g/mol. The predicted molar refractivity (Wildman–Crippen MR) is 72.5 cm³/mol. The highest BCUT2D eigenvalue weighted by Crippen LogP contribution is 2.34. The predicted octanol–water partition coefficient (Wildman–Crippen LogP) is 0.913. The SMILES string of the molecule is COc1ccc(-c2cn3[nH]nnc3c2-c2nn[nH]n2)cc1. The lowest BCUT2D eigenvalue weighted by Crippen LogP contribution is -1.86. The van der Waals surface area contributed by atoms with Crippen LogP contribution in [0.4, 0.5) is 0 Å². The molecule has 0 atom stereocenters. The molecule has 0 amide bonds. The number of tetrazole rings is 2. The number of H-pyrrole nitrogens is 2. The number of rotatable bonds is 3. The molecule has 21 heavy (non-hydrogen) atoms. The summed E-state index contributed by atoms with van der Waals surface area (Å²) in [6.45, 7) is 0. The molecule has 4 aromatic rings. The zero-order valence-corrected chi connectivity index (χ0v) is 11.0. The average Bonchev–Trinajstić information content (AvgIpc) is 3.23. The van der Waals surface area contributed by atoms with Gasteiger partial charge in [0, 0.05) is 11.8 Å². The van der Waals surface area contributed by atoms with Crippen LogP contribution in [0.3, 0.4) is 0 Å². The molecule has 0 fully saturated rings. The van der Waals surface area contributed by atoms with E-state index in [1.54, 1.807) is 11.6 Å². The molecule has 9 nitrogen and oxygen atoms in total. The summed E-state index contributed by atoms with van der Waals surface area (Å²) in [5.74, 6) is 1.27. The number of ether oxygens (including phenoxy) is 1. The fourth-order valence-corrected chi connectivity index (χ4v) is 2.27. The van der Waals surface area contributed by atoms with Gasteiger partial charge in [0.25, 0.3) is 0 Å². The number of nitrogens with one attached hydrogen (secondary N) is 2. The van der Waals surface area contributed by atoms with Crippen molar-refractivity contribution in [3.8, 4) is 28.3 Å². The Balaban J connectivity index is 1.95. The Kier molecular flexibility index (Phi) is 2.43. The Bertz CT molecular complexity index is 874. The topological polar surface area (TPSA) is 110 Å². The van der Waals surface area contributed by atoms with Crippen LogP contribution >= 0.6 is 0 Å². The third-order valence-electron chi connectivity index (χ3n) is 3.25. The number of nitrogens with zero attached hydrogens (tertiary/aromatic N) is 6. The van der Waals surface area contributed by atoms with Crippen molar-refractivity contribution in [2.75, 3.05) is 7.11 Å². The fraction of sp³-hybridized carbons (Fsp3) is 0.0833. The van der Waals surface area contributed by atoms with E-state index >= 15 is 0 Å². The standard InChI is InChI=1S/C12H10N8O/c1-21-8-4-2-7(3-5-8)9-6-20-12(15-18-19-20)10(9)11-13-16-17-14-11/h2-6H,1H3,(H,15,19)(H,13,14,16,17). The van der Waals surface area contributed by atoms with Crippen LogP contribution in [0.2, 0.25) is 0 Å². The summed E-state index contributed by atoms with van der Waals surface area (Å²) in [4.78, 5) is 0. The first kappa shape index (κ1) is 11.6. The minimum atomic E-state index is 0.470. The van der Waals surface area contributed by atoms with Gasteiger partial charge in [-0.1, -0.05) is 17.3 Å². The molecule has 0 saturated carbocycles. The lowest BCUT2D eigenvalue weighted by atomic mass is 10.0. The number of fused-ring (bicyclic) bond motifs is 1. The second-order valence-electron chi connectivity index (χ2n) is 4.38. The van der Waals surface area contributed by atoms with Crippen LogP contribution in [0.5, 0.6) is 5.75 Å². The fourth-order valence-electron chi connectivity index (χ4n) is 2.27. The number of aromatic amines is 2. The van der Waals surface area contributed by atoms with E-state index in [-0.39, 0.29) is 0 Å². The van der Waals surface area contributed by atoms with Crippen molar-refractivity contribution >= 4 is 5.65 Å². The van der Waals surface area contributed by atoms with E-state index in [1.165, 1.54) is 0 Å². The quantitative estimate of drug-likeness (QED) is 0.578. The van der Waals surface area contributed by atoms with Gasteiger partial charge >= 0.3 is 0 Å². The smallest absolute Gasteiger partial charge is 0.209 e. The number of benzene rings is 1. The Hall–Kier alpha value is -3.23. The molecule has 0 aliphatic heterocycles. The number of methoxy groups -OCH3 is 1. The minimum Gasteiger partial charge on any atom is -0.497 e. The van der Waals surface area contributed by atoms with Gasteiger partial charge in [-0.3, -0.25) is 0 Å². The maximum atomic E-state index is 5.18. The van der Waals surface area contributed by atoms with E-state index in [9.17, 15) is 0 Å². The summed E-state index contributed by atoms with van der Waals surface area (Å²) >= 11 is 0. The van der Waals surface area contributed by atoms with E-state index in [0.29, 0.717) is 11.5 Å². The molecule has 4 rings (SSSR count). The Morgan fingerprint density at radius 3 is 2.67 bits per heavy atom. The Morgan fingerprint density at radius 2 is 1.95 bits per heavy atom. The largest absolute Gasteiger partial charge is 0.497 e. The molecule has 104 valence electrons. The van der Waals surface area contributed by atoms with E-state index in [1.807, 2.05) is 30.5 Å². The van der Waals surface area contributed by atoms with Gasteiger partial charge in [-0.15, -0.1) is 15.3 Å². The van der Waals surface area contributed by atoms with Crippen LogP contribution in [0.1, 0.15) is 0 Å². The van der Waals surface area contributed by atoms with Crippen LogP contribution in [0, 0.1) is 0 Å². The molecule has 0 unspecified atom stereocenters. The van der Waals surface area contributed by atoms with E-state index in [0.717, 1.165) is 22.4 Å².